The van der Waals surface area contributed by atoms with Gasteiger partial charge in [-0.05, 0) is 6.07 Å². The van der Waals surface area contributed by atoms with Crippen molar-refractivity contribution < 1.29 is 14.2 Å². The fourth-order valence-electron chi connectivity index (χ4n) is 2.85. The van der Waals surface area contributed by atoms with Gasteiger partial charge in [0.1, 0.15) is 24.8 Å². The predicted molar refractivity (Wildman–Crippen MR) is 105 cm³/mol. The average Bonchev–Trinajstić information content (AvgIpc) is 2.66. The van der Waals surface area contributed by atoms with Gasteiger partial charge in [0.2, 0.25) is 5.88 Å². The lowest BCUT2D eigenvalue weighted by Gasteiger charge is -2.24. The molecule has 0 radical (unpaired) electrons. The van der Waals surface area contributed by atoms with Crippen molar-refractivity contribution in [2.24, 2.45) is 16.5 Å². The van der Waals surface area contributed by atoms with E-state index in [1.54, 1.807) is 19.3 Å². The number of aromatic nitrogens is 1. The quantitative estimate of drug-likeness (QED) is 0.441. The zero-order valence-electron chi connectivity index (χ0n) is 15.2. The lowest BCUT2D eigenvalue weighted by Crippen LogP contribution is -2.15. The molecular weight excluding hydrogens is 348 g/mol. The fraction of sp³-hybridized carbons (Fsp3) is 0.333. The summed E-state index contributed by atoms with van der Waals surface area (Å²) in [6.07, 6.45) is 2.11. The maximum atomic E-state index is 6.28. The van der Waals surface area contributed by atoms with E-state index >= 15 is 0 Å². The van der Waals surface area contributed by atoms with Crippen LogP contribution >= 0.6 is 0 Å². The number of aliphatic imine (C=N–C) groups is 1. The van der Waals surface area contributed by atoms with Crippen LogP contribution in [0.4, 0.5) is 11.5 Å². The highest BCUT2D eigenvalue weighted by molar-refractivity contribution is 5.94. The van der Waals surface area contributed by atoms with Gasteiger partial charge in [0.05, 0.1) is 11.3 Å². The third-order valence-electron chi connectivity index (χ3n) is 4.08. The molecular formula is C18H24N6O3. The summed E-state index contributed by atoms with van der Waals surface area (Å²) in [7, 11) is 1.65. The molecule has 1 aliphatic heterocycles. The van der Waals surface area contributed by atoms with Gasteiger partial charge in [-0.2, -0.15) is 4.98 Å². The van der Waals surface area contributed by atoms with Crippen LogP contribution in [0.5, 0.6) is 23.1 Å². The molecule has 1 aromatic carbocycles. The highest BCUT2D eigenvalue weighted by atomic mass is 16.5. The van der Waals surface area contributed by atoms with Gasteiger partial charge in [0.25, 0.3) is 0 Å². The third kappa shape index (κ3) is 3.74. The molecule has 2 heterocycles. The third-order valence-corrected chi connectivity index (χ3v) is 4.08. The molecule has 0 aliphatic carbocycles. The first-order valence-corrected chi connectivity index (χ1v) is 8.59. The Morgan fingerprint density at radius 1 is 1.15 bits per heavy atom. The van der Waals surface area contributed by atoms with Crippen LogP contribution in [0.2, 0.25) is 0 Å². The van der Waals surface area contributed by atoms with Crippen LogP contribution in [0.15, 0.2) is 17.1 Å². The van der Waals surface area contributed by atoms with E-state index < -0.39 is 0 Å². The van der Waals surface area contributed by atoms with E-state index in [0.29, 0.717) is 67.1 Å². The van der Waals surface area contributed by atoms with E-state index in [1.807, 2.05) is 6.07 Å². The van der Waals surface area contributed by atoms with E-state index in [-0.39, 0.29) is 5.82 Å². The molecule has 0 spiro atoms. The van der Waals surface area contributed by atoms with Crippen molar-refractivity contribution >= 4 is 17.7 Å². The first-order valence-electron chi connectivity index (χ1n) is 8.59. The first kappa shape index (κ1) is 18.7. The van der Waals surface area contributed by atoms with Crippen LogP contribution in [-0.2, 0) is 6.42 Å². The second-order valence-electron chi connectivity index (χ2n) is 5.96. The molecule has 8 N–H and O–H groups in total. The number of hydrogen-bond donors (Lipinski definition) is 4. The Morgan fingerprint density at radius 2 is 1.81 bits per heavy atom. The normalized spacial score (nSPS) is 12.4. The van der Waals surface area contributed by atoms with Crippen molar-refractivity contribution in [2.75, 3.05) is 44.8 Å². The molecule has 0 unspecified atom stereocenters. The lowest BCUT2D eigenvalue weighted by atomic mass is 9.98. The van der Waals surface area contributed by atoms with Crippen molar-refractivity contribution in [2.45, 2.75) is 6.42 Å². The summed E-state index contributed by atoms with van der Waals surface area (Å²) in [5.74, 6) is 2.37. The van der Waals surface area contributed by atoms with Gasteiger partial charge in [-0.15, -0.1) is 0 Å². The van der Waals surface area contributed by atoms with Crippen LogP contribution in [0, 0.1) is 0 Å². The summed E-state index contributed by atoms with van der Waals surface area (Å²) in [4.78, 5) is 8.32. The molecule has 1 aliphatic rings. The number of hydrogen-bond acceptors (Lipinski definition) is 9. The molecule has 9 nitrogen and oxygen atoms in total. The minimum absolute atomic E-state index is 0.266. The first-order chi connectivity index (χ1) is 13.1. The standard InChI is InChI=1S/C18H24N6O3/c1-23-9-12-16(21)11-6-10-7-14(25-4-2-19)15(26-5-3-20)8-13(10)27-18(11)24-17(12)22/h7-9H,2-6,19-20H2,1H3,(H4,21,22,24). The molecule has 2 aromatic rings. The number of benzene rings is 1. The molecule has 0 saturated carbocycles. The average molecular weight is 372 g/mol. The summed E-state index contributed by atoms with van der Waals surface area (Å²) >= 11 is 0. The Bertz CT molecular complexity index is 869. The van der Waals surface area contributed by atoms with Crippen molar-refractivity contribution in [1.29, 1.82) is 0 Å². The Labute approximate surface area is 157 Å². The van der Waals surface area contributed by atoms with E-state index in [0.717, 1.165) is 11.1 Å². The molecule has 3 rings (SSSR count). The zero-order chi connectivity index (χ0) is 19.4. The predicted octanol–water partition coefficient (Wildman–Crippen LogP) is 0.666. The number of fused-ring (bicyclic) bond motifs is 2. The van der Waals surface area contributed by atoms with Crippen molar-refractivity contribution in [3.8, 4) is 23.1 Å². The van der Waals surface area contributed by atoms with Crippen molar-refractivity contribution in [3.05, 3.63) is 28.8 Å². The van der Waals surface area contributed by atoms with Gasteiger partial charge in [0, 0.05) is 50.0 Å². The number of ether oxygens (including phenoxy) is 3. The van der Waals surface area contributed by atoms with Crippen LogP contribution in [0.25, 0.3) is 0 Å². The maximum absolute atomic E-state index is 6.28. The smallest absolute Gasteiger partial charge is 0.226 e. The second-order valence-corrected chi connectivity index (χ2v) is 5.96. The van der Waals surface area contributed by atoms with Gasteiger partial charge >= 0.3 is 0 Å². The summed E-state index contributed by atoms with van der Waals surface area (Å²) in [5.41, 5.74) is 26.1. The topological polar surface area (TPSA) is 157 Å². The zero-order valence-corrected chi connectivity index (χ0v) is 15.2. The molecule has 0 amide bonds. The van der Waals surface area contributed by atoms with Crippen LogP contribution in [0.3, 0.4) is 0 Å². The molecule has 0 bridgehead atoms. The molecule has 27 heavy (non-hydrogen) atoms. The molecule has 0 fully saturated rings. The van der Waals surface area contributed by atoms with Crippen LogP contribution in [0.1, 0.15) is 16.7 Å². The molecule has 144 valence electrons. The summed E-state index contributed by atoms with van der Waals surface area (Å²) in [6.45, 7) is 1.49. The number of pyridine rings is 1. The number of nitrogens with zero attached hydrogens (tertiary/aromatic N) is 2. The highest BCUT2D eigenvalue weighted by Gasteiger charge is 2.26. The largest absolute Gasteiger partial charge is 0.488 e. The highest BCUT2D eigenvalue weighted by Crippen LogP contribution is 2.44. The number of rotatable bonds is 7. The summed E-state index contributed by atoms with van der Waals surface area (Å²) < 4.78 is 17.3. The number of nitrogens with two attached hydrogens (primary N) is 4. The van der Waals surface area contributed by atoms with E-state index in [4.69, 9.17) is 37.1 Å². The van der Waals surface area contributed by atoms with Crippen molar-refractivity contribution in [1.82, 2.24) is 4.98 Å². The Morgan fingerprint density at radius 3 is 2.44 bits per heavy atom. The molecule has 0 saturated heterocycles. The van der Waals surface area contributed by atoms with Gasteiger partial charge in [-0.1, -0.05) is 0 Å². The second kappa shape index (κ2) is 8.11. The van der Waals surface area contributed by atoms with E-state index in [1.165, 1.54) is 0 Å². The number of nitrogen functional groups attached to an aromatic ring is 2. The van der Waals surface area contributed by atoms with Gasteiger partial charge in [-0.25, -0.2) is 0 Å². The van der Waals surface area contributed by atoms with Crippen molar-refractivity contribution in [3.63, 3.8) is 0 Å². The molecule has 0 atom stereocenters. The fourth-order valence-corrected chi connectivity index (χ4v) is 2.85. The Kier molecular flexibility index (Phi) is 5.63. The van der Waals surface area contributed by atoms with Crippen LogP contribution < -0.4 is 37.1 Å². The summed E-state index contributed by atoms with van der Waals surface area (Å²) in [6, 6.07) is 3.62. The van der Waals surface area contributed by atoms with Gasteiger partial charge in [0.15, 0.2) is 11.5 Å². The Hall–Kier alpha value is -3.04. The SMILES string of the molecule is CN=Cc1c(N)nc2c(c1N)Cc1cc(OCCN)c(OCCN)cc1O2. The minimum Gasteiger partial charge on any atom is -0.488 e. The number of anilines is 2. The minimum atomic E-state index is 0.266. The van der Waals surface area contributed by atoms with Crippen LogP contribution in [-0.4, -0.2) is 44.5 Å². The van der Waals surface area contributed by atoms with Gasteiger partial charge in [-0.3, -0.25) is 4.99 Å². The van der Waals surface area contributed by atoms with E-state index in [2.05, 4.69) is 9.98 Å². The van der Waals surface area contributed by atoms with E-state index in [9.17, 15) is 0 Å². The Balaban J connectivity index is 2.02. The monoisotopic (exact) mass is 372 g/mol. The van der Waals surface area contributed by atoms with Gasteiger partial charge < -0.3 is 37.1 Å². The molecule has 9 heteroatoms. The maximum Gasteiger partial charge on any atom is 0.226 e. The molecule has 1 aromatic heterocycles. The lowest BCUT2D eigenvalue weighted by molar-refractivity contribution is 0.276. The summed E-state index contributed by atoms with van der Waals surface area (Å²) in [5, 5.41) is 0.